The first-order chi connectivity index (χ1) is 10.5. The molecule has 1 aliphatic heterocycles. The summed E-state index contributed by atoms with van der Waals surface area (Å²) in [5, 5.41) is 12.7. The number of carbonyl (C=O) groups is 2. The SMILES string of the molecule is CC(C)CC(CNC(=O)c1cnc(C2CCCO2)s1)C(=O)O. The van der Waals surface area contributed by atoms with Crippen molar-refractivity contribution in [2.75, 3.05) is 13.2 Å². The molecular weight excluding hydrogens is 304 g/mol. The van der Waals surface area contributed by atoms with Gasteiger partial charge < -0.3 is 15.2 Å². The van der Waals surface area contributed by atoms with E-state index in [1.165, 1.54) is 17.5 Å². The van der Waals surface area contributed by atoms with Crippen molar-refractivity contribution in [1.82, 2.24) is 10.3 Å². The Morgan fingerprint density at radius 3 is 2.91 bits per heavy atom. The highest BCUT2D eigenvalue weighted by Gasteiger charge is 2.24. The Labute approximate surface area is 133 Å². The largest absolute Gasteiger partial charge is 0.481 e. The molecule has 2 atom stereocenters. The number of thiazole rings is 1. The molecule has 1 aromatic heterocycles. The van der Waals surface area contributed by atoms with Gasteiger partial charge in [0.2, 0.25) is 0 Å². The molecule has 2 N–H and O–H groups in total. The first-order valence-electron chi connectivity index (χ1n) is 7.55. The lowest BCUT2D eigenvalue weighted by Gasteiger charge is -2.14. The number of ether oxygens (including phenoxy) is 1. The summed E-state index contributed by atoms with van der Waals surface area (Å²) in [6, 6.07) is 0. The summed E-state index contributed by atoms with van der Waals surface area (Å²) in [7, 11) is 0. The van der Waals surface area contributed by atoms with Crippen molar-refractivity contribution < 1.29 is 19.4 Å². The number of nitrogens with one attached hydrogen (secondary N) is 1. The number of aliphatic carboxylic acids is 1. The first-order valence-corrected chi connectivity index (χ1v) is 8.37. The second kappa shape index (κ2) is 7.69. The zero-order valence-corrected chi connectivity index (χ0v) is 13.7. The highest BCUT2D eigenvalue weighted by Crippen LogP contribution is 2.31. The lowest BCUT2D eigenvalue weighted by molar-refractivity contribution is -0.142. The highest BCUT2D eigenvalue weighted by atomic mass is 32.1. The van der Waals surface area contributed by atoms with Gasteiger partial charge in [0, 0.05) is 13.2 Å². The van der Waals surface area contributed by atoms with Crippen LogP contribution in [0.25, 0.3) is 0 Å². The number of rotatable bonds is 7. The summed E-state index contributed by atoms with van der Waals surface area (Å²) in [6.07, 6.45) is 4.03. The minimum absolute atomic E-state index is 0.000686. The average molecular weight is 326 g/mol. The number of hydrogen-bond acceptors (Lipinski definition) is 5. The van der Waals surface area contributed by atoms with Crippen molar-refractivity contribution in [2.24, 2.45) is 11.8 Å². The Hall–Kier alpha value is -1.47. The van der Waals surface area contributed by atoms with Crippen LogP contribution in [0.3, 0.4) is 0 Å². The summed E-state index contributed by atoms with van der Waals surface area (Å²) in [6.45, 7) is 4.81. The van der Waals surface area contributed by atoms with Crippen molar-refractivity contribution >= 4 is 23.2 Å². The molecule has 1 saturated heterocycles. The van der Waals surface area contributed by atoms with Gasteiger partial charge in [-0.15, -0.1) is 11.3 Å². The molecule has 0 radical (unpaired) electrons. The monoisotopic (exact) mass is 326 g/mol. The normalized spacial score (nSPS) is 19.3. The Morgan fingerprint density at radius 2 is 2.32 bits per heavy atom. The Balaban J connectivity index is 1.89. The minimum atomic E-state index is -0.877. The van der Waals surface area contributed by atoms with Crippen LogP contribution in [-0.2, 0) is 9.53 Å². The van der Waals surface area contributed by atoms with Gasteiger partial charge in [0.1, 0.15) is 16.0 Å². The number of nitrogens with zero attached hydrogens (tertiary/aromatic N) is 1. The minimum Gasteiger partial charge on any atom is -0.481 e. The predicted octanol–water partition coefficient (Wildman–Crippen LogP) is 2.47. The molecule has 0 aliphatic carbocycles. The van der Waals surface area contributed by atoms with E-state index in [2.05, 4.69) is 10.3 Å². The smallest absolute Gasteiger partial charge is 0.308 e. The summed E-state index contributed by atoms with van der Waals surface area (Å²) in [5.74, 6) is -1.43. The molecule has 6 nitrogen and oxygen atoms in total. The molecule has 0 bridgehead atoms. The van der Waals surface area contributed by atoms with E-state index in [0.717, 1.165) is 24.5 Å². The summed E-state index contributed by atoms with van der Waals surface area (Å²) in [5.41, 5.74) is 0. The van der Waals surface area contributed by atoms with Crippen LogP contribution in [0.4, 0.5) is 0 Å². The molecule has 22 heavy (non-hydrogen) atoms. The number of amides is 1. The third-order valence-electron chi connectivity index (χ3n) is 3.57. The quantitative estimate of drug-likeness (QED) is 0.803. The zero-order chi connectivity index (χ0) is 16.1. The molecule has 0 saturated carbocycles. The van der Waals surface area contributed by atoms with E-state index < -0.39 is 11.9 Å². The van der Waals surface area contributed by atoms with Gasteiger partial charge in [-0.05, 0) is 25.2 Å². The summed E-state index contributed by atoms with van der Waals surface area (Å²) in [4.78, 5) is 28.0. The molecule has 1 fully saturated rings. The van der Waals surface area contributed by atoms with Crippen molar-refractivity contribution in [3.05, 3.63) is 16.1 Å². The second-order valence-corrected chi connectivity index (χ2v) is 7.00. The van der Waals surface area contributed by atoms with Gasteiger partial charge in [-0.3, -0.25) is 9.59 Å². The van der Waals surface area contributed by atoms with E-state index >= 15 is 0 Å². The lowest BCUT2D eigenvalue weighted by Crippen LogP contribution is -2.33. The molecular formula is C15H22N2O4S. The molecule has 2 unspecified atom stereocenters. The average Bonchev–Trinajstić information content (AvgIpc) is 3.11. The Bertz CT molecular complexity index is 523. The Morgan fingerprint density at radius 1 is 1.55 bits per heavy atom. The standard InChI is InChI=1S/C15H22N2O4S/c1-9(2)6-10(15(19)20)7-16-13(18)12-8-17-14(22-12)11-4-3-5-21-11/h8-11H,3-7H2,1-2H3,(H,16,18)(H,19,20). The molecule has 7 heteroatoms. The first kappa shape index (κ1) is 16.9. The molecule has 1 amide bonds. The number of carboxylic acids is 1. The van der Waals surface area contributed by atoms with E-state index in [1.54, 1.807) is 0 Å². The van der Waals surface area contributed by atoms with Crippen LogP contribution in [0, 0.1) is 11.8 Å². The fourth-order valence-corrected chi connectivity index (χ4v) is 3.38. The van der Waals surface area contributed by atoms with Crippen LogP contribution in [0.15, 0.2) is 6.20 Å². The van der Waals surface area contributed by atoms with Crippen LogP contribution in [0.1, 0.15) is 53.9 Å². The molecule has 122 valence electrons. The van der Waals surface area contributed by atoms with E-state index in [9.17, 15) is 14.7 Å². The summed E-state index contributed by atoms with van der Waals surface area (Å²) >= 11 is 1.32. The fraction of sp³-hybridized carbons (Fsp3) is 0.667. The van der Waals surface area contributed by atoms with Crippen LogP contribution < -0.4 is 5.32 Å². The van der Waals surface area contributed by atoms with E-state index in [0.29, 0.717) is 11.3 Å². The maximum atomic E-state index is 12.1. The maximum absolute atomic E-state index is 12.1. The molecule has 1 aliphatic rings. The second-order valence-electron chi connectivity index (χ2n) is 5.94. The van der Waals surface area contributed by atoms with Gasteiger partial charge in [0.05, 0.1) is 12.1 Å². The Kier molecular flexibility index (Phi) is 5.90. The van der Waals surface area contributed by atoms with E-state index in [4.69, 9.17) is 4.74 Å². The highest BCUT2D eigenvalue weighted by molar-refractivity contribution is 7.13. The fourth-order valence-electron chi connectivity index (χ4n) is 2.46. The van der Waals surface area contributed by atoms with Gasteiger partial charge in [-0.1, -0.05) is 13.8 Å². The van der Waals surface area contributed by atoms with Gasteiger partial charge in [0.25, 0.3) is 5.91 Å². The van der Waals surface area contributed by atoms with Crippen LogP contribution in [-0.4, -0.2) is 35.1 Å². The van der Waals surface area contributed by atoms with E-state index in [-0.39, 0.29) is 24.5 Å². The van der Waals surface area contributed by atoms with Gasteiger partial charge in [0.15, 0.2) is 0 Å². The molecule has 2 heterocycles. The van der Waals surface area contributed by atoms with Crippen LogP contribution in [0.5, 0.6) is 0 Å². The maximum Gasteiger partial charge on any atom is 0.308 e. The predicted molar refractivity (Wildman–Crippen MR) is 83.0 cm³/mol. The number of aromatic nitrogens is 1. The van der Waals surface area contributed by atoms with Gasteiger partial charge in [-0.25, -0.2) is 4.98 Å². The molecule has 1 aromatic rings. The van der Waals surface area contributed by atoms with E-state index in [1.807, 2.05) is 13.8 Å². The molecule has 0 spiro atoms. The van der Waals surface area contributed by atoms with Crippen molar-refractivity contribution in [2.45, 2.75) is 39.2 Å². The number of hydrogen-bond donors (Lipinski definition) is 2. The summed E-state index contributed by atoms with van der Waals surface area (Å²) < 4.78 is 5.54. The number of carbonyl (C=O) groups excluding carboxylic acids is 1. The third kappa shape index (κ3) is 4.51. The van der Waals surface area contributed by atoms with Gasteiger partial charge in [-0.2, -0.15) is 0 Å². The zero-order valence-electron chi connectivity index (χ0n) is 12.9. The third-order valence-corrected chi connectivity index (χ3v) is 4.65. The molecule has 2 rings (SSSR count). The van der Waals surface area contributed by atoms with Crippen molar-refractivity contribution in [3.63, 3.8) is 0 Å². The topological polar surface area (TPSA) is 88.5 Å². The molecule has 0 aromatic carbocycles. The van der Waals surface area contributed by atoms with Crippen molar-refractivity contribution in [1.29, 1.82) is 0 Å². The van der Waals surface area contributed by atoms with Crippen LogP contribution >= 0.6 is 11.3 Å². The number of carboxylic acid groups (broad SMARTS) is 1. The van der Waals surface area contributed by atoms with Crippen molar-refractivity contribution in [3.8, 4) is 0 Å². The lowest BCUT2D eigenvalue weighted by atomic mass is 9.97. The van der Waals surface area contributed by atoms with Gasteiger partial charge >= 0.3 is 5.97 Å². The van der Waals surface area contributed by atoms with Crippen LogP contribution in [0.2, 0.25) is 0 Å².